The molecule has 0 fully saturated rings. The summed E-state index contributed by atoms with van der Waals surface area (Å²) in [6.45, 7) is 0. The highest BCUT2D eigenvalue weighted by molar-refractivity contribution is 14.1. The Morgan fingerprint density at radius 2 is 1.11 bits per heavy atom. The van der Waals surface area contributed by atoms with E-state index < -0.39 is 0 Å². The minimum atomic E-state index is -0.380. The van der Waals surface area contributed by atoms with Crippen molar-refractivity contribution in [1.29, 1.82) is 0 Å². The molecule has 2 heterocycles. The van der Waals surface area contributed by atoms with E-state index >= 15 is 0 Å². The van der Waals surface area contributed by atoms with Gasteiger partial charge >= 0.3 is 0 Å². The molecule has 0 saturated heterocycles. The van der Waals surface area contributed by atoms with Crippen molar-refractivity contribution in [2.75, 3.05) is 0 Å². The molecular formula is C28H19IN4O4. The van der Waals surface area contributed by atoms with Crippen molar-refractivity contribution in [2.24, 2.45) is 0 Å². The van der Waals surface area contributed by atoms with Gasteiger partial charge < -0.3 is 9.97 Å². The van der Waals surface area contributed by atoms with Crippen molar-refractivity contribution in [3.63, 3.8) is 0 Å². The van der Waals surface area contributed by atoms with Crippen molar-refractivity contribution < 1.29 is 9.85 Å². The van der Waals surface area contributed by atoms with Crippen molar-refractivity contribution in [2.45, 2.75) is 0 Å². The van der Waals surface area contributed by atoms with Crippen LogP contribution in [0.25, 0.3) is 44.1 Å². The van der Waals surface area contributed by atoms with Crippen LogP contribution in [0.15, 0.2) is 103 Å². The zero-order valence-electron chi connectivity index (χ0n) is 19.2. The third kappa shape index (κ3) is 5.07. The Morgan fingerprint density at radius 1 is 0.595 bits per heavy atom. The number of hydrogen-bond acceptors (Lipinski definition) is 4. The summed E-state index contributed by atoms with van der Waals surface area (Å²) in [4.78, 5) is 27.2. The van der Waals surface area contributed by atoms with E-state index in [-0.39, 0.29) is 21.2 Å². The SMILES string of the molecule is O=[N+]([O-])c1cc(-c2ccc(-c3ccccc3)cc2)c2[nH]ccc2c1.O=[N+]([O-])c1cc(I)c2[nH]ccc2c1. The monoisotopic (exact) mass is 602 g/mol. The van der Waals surface area contributed by atoms with Crippen LogP contribution in [0.4, 0.5) is 11.4 Å². The lowest BCUT2D eigenvalue weighted by Crippen LogP contribution is -1.90. The first kappa shape index (κ1) is 24.2. The van der Waals surface area contributed by atoms with Gasteiger partial charge in [0.1, 0.15) is 0 Å². The Balaban J connectivity index is 0.000000182. The van der Waals surface area contributed by atoms with Gasteiger partial charge in [-0.1, -0.05) is 54.6 Å². The highest BCUT2D eigenvalue weighted by Gasteiger charge is 2.14. The first-order valence-electron chi connectivity index (χ1n) is 11.2. The maximum Gasteiger partial charge on any atom is 0.271 e. The molecular weight excluding hydrogens is 583 g/mol. The van der Waals surface area contributed by atoms with Gasteiger partial charge in [0, 0.05) is 56.6 Å². The highest BCUT2D eigenvalue weighted by atomic mass is 127. The van der Waals surface area contributed by atoms with Crippen molar-refractivity contribution in [3.8, 4) is 22.3 Å². The van der Waals surface area contributed by atoms with Crippen LogP contribution in [0.2, 0.25) is 0 Å². The van der Waals surface area contributed by atoms with Crippen LogP contribution >= 0.6 is 22.6 Å². The molecule has 2 aromatic heterocycles. The van der Waals surface area contributed by atoms with E-state index in [4.69, 9.17) is 0 Å². The first-order chi connectivity index (χ1) is 17.9. The smallest absolute Gasteiger partial charge is 0.271 e. The molecule has 0 aliphatic carbocycles. The molecule has 0 unspecified atom stereocenters. The number of nitrogens with zero attached hydrogens (tertiary/aromatic N) is 2. The molecule has 6 aromatic rings. The largest absolute Gasteiger partial charge is 0.361 e. The fourth-order valence-electron chi connectivity index (χ4n) is 4.18. The van der Waals surface area contributed by atoms with E-state index in [1.807, 2.05) is 54.6 Å². The summed E-state index contributed by atoms with van der Waals surface area (Å²) in [7, 11) is 0. The van der Waals surface area contributed by atoms with Crippen LogP contribution in [0, 0.1) is 23.8 Å². The summed E-state index contributed by atoms with van der Waals surface area (Å²) in [6.07, 6.45) is 3.58. The molecule has 0 amide bonds. The number of nitro benzene ring substituents is 2. The lowest BCUT2D eigenvalue weighted by atomic mass is 9.98. The van der Waals surface area contributed by atoms with Gasteiger partial charge in [0.25, 0.3) is 11.4 Å². The van der Waals surface area contributed by atoms with Crippen LogP contribution in [0.1, 0.15) is 0 Å². The van der Waals surface area contributed by atoms with E-state index in [1.54, 1.807) is 36.7 Å². The van der Waals surface area contributed by atoms with Gasteiger partial charge in [-0.15, -0.1) is 0 Å². The van der Waals surface area contributed by atoms with Gasteiger partial charge in [-0.3, -0.25) is 20.2 Å². The quantitative estimate of drug-likeness (QED) is 0.120. The molecule has 37 heavy (non-hydrogen) atoms. The van der Waals surface area contributed by atoms with Gasteiger partial charge in [-0.05, 0) is 51.4 Å². The molecule has 182 valence electrons. The van der Waals surface area contributed by atoms with Gasteiger partial charge in [-0.25, -0.2) is 0 Å². The molecule has 6 rings (SSSR count). The summed E-state index contributed by atoms with van der Waals surface area (Å²) in [5, 5.41) is 23.4. The molecule has 0 radical (unpaired) electrons. The average Bonchev–Trinajstić information content (AvgIpc) is 3.59. The number of benzene rings is 4. The molecule has 4 aromatic carbocycles. The van der Waals surface area contributed by atoms with Gasteiger partial charge in [0.15, 0.2) is 0 Å². The number of H-pyrrole nitrogens is 2. The highest BCUT2D eigenvalue weighted by Crippen LogP contribution is 2.33. The number of fused-ring (bicyclic) bond motifs is 2. The van der Waals surface area contributed by atoms with Crippen LogP contribution in [-0.4, -0.2) is 19.8 Å². The Kier molecular flexibility index (Phi) is 6.69. The second-order valence-corrected chi connectivity index (χ2v) is 9.42. The Bertz CT molecular complexity index is 1740. The molecule has 0 spiro atoms. The zero-order valence-corrected chi connectivity index (χ0v) is 21.4. The Labute approximate surface area is 224 Å². The molecule has 2 N–H and O–H groups in total. The molecule has 0 atom stereocenters. The minimum Gasteiger partial charge on any atom is -0.361 e. The summed E-state index contributed by atoms with van der Waals surface area (Å²) in [5.74, 6) is 0. The summed E-state index contributed by atoms with van der Waals surface area (Å²) >= 11 is 2.08. The van der Waals surface area contributed by atoms with Crippen LogP contribution < -0.4 is 0 Å². The minimum absolute atomic E-state index is 0.101. The summed E-state index contributed by atoms with van der Waals surface area (Å²) in [6, 6.07) is 28.2. The summed E-state index contributed by atoms with van der Waals surface area (Å²) < 4.78 is 0.867. The second kappa shape index (κ2) is 10.2. The topological polar surface area (TPSA) is 118 Å². The number of halogens is 1. The fourth-order valence-corrected chi connectivity index (χ4v) is 4.97. The number of nitro groups is 2. The zero-order chi connectivity index (χ0) is 25.9. The van der Waals surface area contributed by atoms with Crippen molar-refractivity contribution in [1.82, 2.24) is 9.97 Å². The summed E-state index contributed by atoms with van der Waals surface area (Å²) in [5.41, 5.74) is 6.15. The second-order valence-electron chi connectivity index (χ2n) is 8.26. The molecule has 0 bridgehead atoms. The van der Waals surface area contributed by atoms with E-state index in [0.717, 1.165) is 47.6 Å². The molecule has 0 aliphatic heterocycles. The maximum absolute atomic E-state index is 11.2. The van der Waals surface area contributed by atoms with Gasteiger partial charge in [0.2, 0.25) is 0 Å². The number of hydrogen-bond donors (Lipinski definition) is 2. The van der Waals surface area contributed by atoms with Gasteiger partial charge in [0.05, 0.1) is 20.9 Å². The van der Waals surface area contributed by atoms with Crippen molar-refractivity contribution in [3.05, 3.63) is 127 Å². The Morgan fingerprint density at radius 3 is 1.73 bits per heavy atom. The number of rotatable bonds is 4. The van der Waals surface area contributed by atoms with Crippen LogP contribution in [0.5, 0.6) is 0 Å². The molecule has 0 aliphatic rings. The van der Waals surface area contributed by atoms with E-state index in [0.29, 0.717) is 0 Å². The van der Waals surface area contributed by atoms with Crippen LogP contribution in [0.3, 0.4) is 0 Å². The van der Waals surface area contributed by atoms with Crippen LogP contribution in [-0.2, 0) is 0 Å². The molecule has 8 nitrogen and oxygen atoms in total. The lowest BCUT2D eigenvalue weighted by Gasteiger charge is -2.07. The Hall–Kier alpha value is -4.51. The van der Waals surface area contributed by atoms with Crippen molar-refractivity contribution >= 4 is 55.8 Å². The molecule has 9 heteroatoms. The fraction of sp³-hybridized carbons (Fsp3) is 0. The van der Waals surface area contributed by atoms with E-state index in [2.05, 4.69) is 44.7 Å². The lowest BCUT2D eigenvalue weighted by molar-refractivity contribution is -0.384. The number of non-ortho nitro benzene ring substituents is 2. The van der Waals surface area contributed by atoms with Gasteiger partial charge in [-0.2, -0.15) is 0 Å². The standard InChI is InChI=1S/C20H14N2O2.C8H5IN2O2/c23-22(24)18-12-17-10-11-21-20(17)19(13-18)16-8-6-15(7-9-16)14-4-2-1-3-5-14;9-7-4-6(11(12)13)3-5-1-2-10-8(5)7/h1-13,21H;1-4,10H. The van der Waals surface area contributed by atoms with E-state index in [1.165, 1.54) is 0 Å². The first-order valence-corrected chi connectivity index (χ1v) is 12.3. The predicted octanol–water partition coefficient (Wildman–Crippen LogP) is 8.09. The van der Waals surface area contributed by atoms with E-state index in [9.17, 15) is 20.2 Å². The number of nitrogens with one attached hydrogen (secondary N) is 2. The molecule has 0 saturated carbocycles. The average molecular weight is 602 g/mol. The normalized spacial score (nSPS) is 10.7. The predicted molar refractivity (Wildman–Crippen MR) is 153 cm³/mol. The number of aromatic amines is 2. The number of aromatic nitrogens is 2. The third-order valence-electron chi connectivity index (χ3n) is 5.96. The third-order valence-corrected chi connectivity index (χ3v) is 6.82. The maximum atomic E-state index is 11.2.